The number of carbonyl (C=O) groups excluding carboxylic acids is 2. The van der Waals surface area contributed by atoms with Crippen LogP contribution in [0.1, 0.15) is 12.8 Å². The van der Waals surface area contributed by atoms with Gasteiger partial charge in [0.1, 0.15) is 0 Å². The molecule has 0 aliphatic carbocycles. The van der Waals surface area contributed by atoms with Crippen LogP contribution in [0.4, 0.5) is 0 Å². The monoisotopic (exact) mass is 185 g/mol. The molecule has 0 saturated carbocycles. The zero-order valence-corrected chi connectivity index (χ0v) is 7.58. The highest BCUT2D eigenvalue weighted by molar-refractivity contribution is 5.78. The van der Waals surface area contributed by atoms with Crippen molar-refractivity contribution in [3.8, 4) is 0 Å². The van der Waals surface area contributed by atoms with Gasteiger partial charge in [0, 0.05) is 39.0 Å². The summed E-state index contributed by atoms with van der Waals surface area (Å²) >= 11 is 0. The fourth-order valence-corrected chi connectivity index (χ4v) is 1.30. The summed E-state index contributed by atoms with van der Waals surface area (Å²) in [6, 6.07) is 0. The first-order valence-electron chi connectivity index (χ1n) is 4.47. The maximum atomic E-state index is 11.4. The minimum atomic E-state index is -0.356. The third kappa shape index (κ3) is 3.42. The van der Waals surface area contributed by atoms with Crippen LogP contribution in [-0.4, -0.2) is 42.9 Å². The highest BCUT2D eigenvalue weighted by Gasteiger charge is 2.15. The maximum absolute atomic E-state index is 11.4. The first-order chi connectivity index (χ1) is 6.20. The third-order valence-corrected chi connectivity index (χ3v) is 2.05. The largest absolute Gasteiger partial charge is 0.370 e. The van der Waals surface area contributed by atoms with Crippen LogP contribution >= 0.6 is 0 Å². The molecule has 0 unspecified atom stereocenters. The van der Waals surface area contributed by atoms with Gasteiger partial charge in [-0.3, -0.25) is 9.59 Å². The van der Waals surface area contributed by atoms with Gasteiger partial charge in [0.05, 0.1) is 0 Å². The molecule has 1 fully saturated rings. The Bertz CT molecular complexity index is 206. The zero-order valence-electron chi connectivity index (χ0n) is 7.58. The van der Waals surface area contributed by atoms with E-state index in [1.54, 1.807) is 4.90 Å². The smallest absolute Gasteiger partial charge is 0.223 e. The molecule has 1 saturated heterocycles. The summed E-state index contributed by atoms with van der Waals surface area (Å²) in [5.74, 6) is -0.253. The standard InChI is InChI=1S/C8H15N3O2/c9-7(12)2-5-11-6-4-10-3-1-8(11)13/h10H,1-6H2,(H2,9,12). The molecule has 5 heteroatoms. The Labute approximate surface area is 77.3 Å². The average Bonchev–Trinajstić information content (AvgIpc) is 2.27. The third-order valence-electron chi connectivity index (χ3n) is 2.05. The number of nitrogens with two attached hydrogens (primary N) is 1. The van der Waals surface area contributed by atoms with E-state index in [4.69, 9.17) is 5.73 Å². The molecule has 0 aromatic carbocycles. The molecular weight excluding hydrogens is 170 g/mol. The number of rotatable bonds is 3. The van der Waals surface area contributed by atoms with Gasteiger partial charge in [0.2, 0.25) is 11.8 Å². The fourth-order valence-electron chi connectivity index (χ4n) is 1.30. The molecule has 1 heterocycles. The number of amides is 2. The van der Waals surface area contributed by atoms with Crippen LogP contribution < -0.4 is 11.1 Å². The van der Waals surface area contributed by atoms with Gasteiger partial charge in [-0.05, 0) is 0 Å². The van der Waals surface area contributed by atoms with Crippen molar-refractivity contribution in [2.24, 2.45) is 5.73 Å². The minimum absolute atomic E-state index is 0.103. The first-order valence-corrected chi connectivity index (χ1v) is 4.47. The van der Waals surface area contributed by atoms with Gasteiger partial charge in [-0.25, -0.2) is 0 Å². The SMILES string of the molecule is NC(=O)CCN1CCNCCC1=O. The van der Waals surface area contributed by atoms with E-state index in [0.717, 1.165) is 13.1 Å². The molecule has 1 aliphatic rings. The highest BCUT2D eigenvalue weighted by atomic mass is 16.2. The summed E-state index contributed by atoms with van der Waals surface area (Å²) in [7, 11) is 0. The summed E-state index contributed by atoms with van der Waals surface area (Å²) in [4.78, 5) is 23.5. The first kappa shape index (κ1) is 9.98. The van der Waals surface area contributed by atoms with Crippen LogP contribution in [0, 0.1) is 0 Å². The van der Waals surface area contributed by atoms with E-state index >= 15 is 0 Å². The Hall–Kier alpha value is -1.10. The van der Waals surface area contributed by atoms with E-state index in [2.05, 4.69) is 5.32 Å². The second-order valence-electron chi connectivity index (χ2n) is 3.10. The number of hydrogen-bond donors (Lipinski definition) is 2. The molecule has 2 amide bonds. The normalized spacial score (nSPS) is 18.5. The number of carbonyl (C=O) groups is 2. The van der Waals surface area contributed by atoms with Crippen molar-refractivity contribution in [3.05, 3.63) is 0 Å². The van der Waals surface area contributed by atoms with Crippen LogP contribution in [0.5, 0.6) is 0 Å². The molecule has 0 aromatic heterocycles. The molecule has 5 nitrogen and oxygen atoms in total. The van der Waals surface area contributed by atoms with Crippen molar-refractivity contribution in [1.82, 2.24) is 10.2 Å². The van der Waals surface area contributed by atoms with E-state index in [9.17, 15) is 9.59 Å². The summed E-state index contributed by atoms with van der Waals surface area (Å²) in [5, 5.41) is 3.12. The van der Waals surface area contributed by atoms with Crippen LogP contribution in [-0.2, 0) is 9.59 Å². The Balaban J connectivity index is 2.36. The zero-order chi connectivity index (χ0) is 9.68. The molecule has 13 heavy (non-hydrogen) atoms. The van der Waals surface area contributed by atoms with Crippen molar-refractivity contribution in [2.45, 2.75) is 12.8 Å². The van der Waals surface area contributed by atoms with Gasteiger partial charge >= 0.3 is 0 Å². The Morgan fingerprint density at radius 2 is 2.31 bits per heavy atom. The molecule has 0 atom stereocenters. The predicted molar refractivity (Wildman–Crippen MR) is 47.9 cm³/mol. The lowest BCUT2D eigenvalue weighted by atomic mass is 10.3. The molecule has 74 valence electrons. The quantitative estimate of drug-likeness (QED) is 0.573. The molecule has 0 radical (unpaired) electrons. The van der Waals surface area contributed by atoms with Crippen molar-refractivity contribution >= 4 is 11.8 Å². The Kier molecular flexibility index (Phi) is 3.70. The molecule has 3 N–H and O–H groups in total. The van der Waals surface area contributed by atoms with E-state index in [1.807, 2.05) is 0 Å². The van der Waals surface area contributed by atoms with Crippen molar-refractivity contribution < 1.29 is 9.59 Å². The summed E-state index contributed by atoms with van der Waals surface area (Å²) in [6.07, 6.45) is 0.768. The lowest BCUT2D eigenvalue weighted by molar-refractivity contribution is -0.130. The minimum Gasteiger partial charge on any atom is -0.370 e. The number of hydrogen-bond acceptors (Lipinski definition) is 3. The van der Waals surface area contributed by atoms with E-state index in [1.165, 1.54) is 0 Å². The van der Waals surface area contributed by atoms with Gasteiger partial charge in [0.25, 0.3) is 0 Å². The molecule has 1 rings (SSSR count). The molecule has 0 spiro atoms. The summed E-state index contributed by atoms with van der Waals surface area (Å²) in [6.45, 7) is 2.65. The van der Waals surface area contributed by atoms with Crippen LogP contribution in [0.2, 0.25) is 0 Å². The average molecular weight is 185 g/mol. The number of nitrogens with one attached hydrogen (secondary N) is 1. The van der Waals surface area contributed by atoms with Gasteiger partial charge in [-0.1, -0.05) is 0 Å². The lowest BCUT2D eigenvalue weighted by Crippen LogP contribution is -2.35. The van der Waals surface area contributed by atoms with Gasteiger partial charge < -0.3 is 16.0 Å². The van der Waals surface area contributed by atoms with Crippen LogP contribution in [0.25, 0.3) is 0 Å². The van der Waals surface area contributed by atoms with Crippen molar-refractivity contribution in [1.29, 1.82) is 0 Å². The van der Waals surface area contributed by atoms with Crippen molar-refractivity contribution in [3.63, 3.8) is 0 Å². The molecule has 0 bridgehead atoms. The van der Waals surface area contributed by atoms with E-state index in [0.29, 0.717) is 19.5 Å². The Morgan fingerprint density at radius 1 is 1.54 bits per heavy atom. The topological polar surface area (TPSA) is 75.4 Å². The lowest BCUT2D eigenvalue weighted by Gasteiger charge is -2.18. The Morgan fingerprint density at radius 3 is 3.00 bits per heavy atom. The highest BCUT2D eigenvalue weighted by Crippen LogP contribution is 1.98. The summed E-state index contributed by atoms with van der Waals surface area (Å²) in [5.41, 5.74) is 5.00. The molecule has 0 aromatic rings. The van der Waals surface area contributed by atoms with Crippen LogP contribution in [0.15, 0.2) is 0 Å². The van der Waals surface area contributed by atoms with Crippen LogP contribution in [0.3, 0.4) is 0 Å². The van der Waals surface area contributed by atoms with E-state index < -0.39 is 0 Å². The number of primary amides is 1. The van der Waals surface area contributed by atoms with Gasteiger partial charge in [-0.15, -0.1) is 0 Å². The summed E-state index contributed by atoms with van der Waals surface area (Å²) < 4.78 is 0. The van der Waals surface area contributed by atoms with Crippen molar-refractivity contribution in [2.75, 3.05) is 26.2 Å². The molecular formula is C8H15N3O2. The van der Waals surface area contributed by atoms with Gasteiger partial charge in [0.15, 0.2) is 0 Å². The van der Waals surface area contributed by atoms with E-state index in [-0.39, 0.29) is 18.2 Å². The second kappa shape index (κ2) is 4.81. The second-order valence-corrected chi connectivity index (χ2v) is 3.10. The predicted octanol–water partition coefficient (Wildman–Crippen LogP) is -1.32. The van der Waals surface area contributed by atoms with Gasteiger partial charge in [-0.2, -0.15) is 0 Å². The fraction of sp³-hybridized carbons (Fsp3) is 0.750. The number of nitrogens with zero attached hydrogens (tertiary/aromatic N) is 1. The molecule has 1 aliphatic heterocycles. The maximum Gasteiger partial charge on any atom is 0.223 e.